The maximum Gasteiger partial charge on any atom is 0.140 e. The van der Waals surface area contributed by atoms with Crippen molar-refractivity contribution in [3.05, 3.63) is 17.3 Å². The second kappa shape index (κ2) is 6.24. The maximum atomic E-state index is 5.72. The Balaban J connectivity index is 1.73. The molecule has 1 aliphatic rings. The van der Waals surface area contributed by atoms with Gasteiger partial charge in [-0.05, 0) is 25.8 Å². The maximum absolute atomic E-state index is 5.72. The molecule has 1 aliphatic heterocycles. The number of ether oxygens (including phenoxy) is 1. The number of rotatable bonds is 4. The van der Waals surface area contributed by atoms with Gasteiger partial charge >= 0.3 is 0 Å². The summed E-state index contributed by atoms with van der Waals surface area (Å²) in [4.78, 5) is 13.5. The lowest BCUT2D eigenvalue weighted by Crippen LogP contribution is -2.37. The molecule has 2 aromatic rings. The van der Waals surface area contributed by atoms with Crippen LogP contribution in [0.4, 0.5) is 5.82 Å². The largest absolute Gasteiger partial charge is 0.377 e. The molecule has 1 fully saturated rings. The lowest BCUT2D eigenvalue weighted by Gasteiger charge is -2.32. The van der Waals surface area contributed by atoms with Crippen molar-refractivity contribution in [3.8, 4) is 0 Å². The number of aryl methyl sites for hydroxylation is 1. The molecule has 0 aliphatic carbocycles. The molecule has 108 valence electrons. The number of nitrogens with zero attached hydrogens (tertiary/aromatic N) is 3. The van der Waals surface area contributed by atoms with Gasteiger partial charge in [0, 0.05) is 23.8 Å². The molecule has 0 atom stereocenters. The minimum atomic E-state index is 0.339. The molecule has 0 unspecified atom stereocenters. The van der Waals surface area contributed by atoms with Crippen molar-refractivity contribution in [1.29, 1.82) is 0 Å². The highest BCUT2D eigenvalue weighted by Gasteiger charge is 2.22. The standard InChI is InChI=1S/C14H18ClN3OS/c1-10-8-12-13(16-9-17-14(12)20-10)18-5-2-11(3-6-18)19-7-4-15/h8-9,11H,2-7H2,1H3. The zero-order valence-corrected chi connectivity index (χ0v) is 13.1. The second-order valence-corrected chi connectivity index (χ2v) is 6.63. The average molecular weight is 312 g/mol. The quantitative estimate of drug-likeness (QED) is 0.813. The fourth-order valence-corrected chi connectivity index (χ4v) is 3.59. The van der Waals surface area contributed by atoms with Crippen LogP contribution < -0.4 is 4.90 Å². The normalized spacial score (nSPS) is 17.0. The minimum Gasteiger partial charge on any atom is -0.377 e. The van der Waals surface area contributed by atoms with E-state index in [2.05, 4.69) is 27.9 Å². The van der Waals surface area contributed by atoms with E-state index in [9.17, 15) is 0 Å². The lowest BCUT2D eigenvalue weighted by atomic mass is 10.1. The Morgan fingerprint density at radius 3 is 2.95 bits per heavy atom. The van der Waals surface area contributed by atoms with E-state index in [1.54, 1.807) is 17.7 Å². The van der Waals surface area contributed by atoms with Gasteiger partial charge in [-0.15, -0.1) is 22.9 Å². The van der Waals surface area contributed by atoms with Crippen molar-refractivity contribution >= 4 is 39.0 Å². The Morgan fingerprint density at radius 1 is 1.40 bits per heavy atom. The minimum absolute atomic E-state index is 0.339. The molecule has 3 heterocycles. The van der Waals surface area contributed by atoms with Crippen molar-refractivity contribution < 1.29 is 4.74 Å². The summed E-state index contributed by atoms with van der Waals surface area (Å²) >= 11 is 7.39. The van der Waals surface area contributed by atoms with Gasteiger partial charge in [-0.3, -0.25) is 0 Å². The van der Waals surface area contributed by atoms with Crippen LogP contribution in [0.5, 0.6) is 0 Å². The van der Waals surface area contributed by atoms with E-state index < -0.39 is 0 Å². The first-order valence-corrected chi connectivity index (χ1v) is 8.26. The number of piperidine rings is 1. The molecule has 2 aromatic heterocycles. The van der Waals surface area contributed by atoms with Gasteiger partial charge in [-0.1, -0.05) is 0 Å². The summed E-state index contributed by atoms with van der Waals surface area (Å²) in [6, 6.07) is 2.19. The number of hydrogen-bond acceptors (Lipinski definition) is 5. The highest BCUT2D eigenvalue weighted by atomic mass is 35.5. The predicted octanol–water partition coefficient (Wildman–Crippen LogP) is 3.22. The molecule has 0 radical (unpaired) electrons. The predicted molar refractivity (Wildman–Crippen MR) is 84.1 cm³/mol. The Bertz CT molecular complexity index is 581. The lowest BCUT2D eigenvalue weighted by molar-refractivity contribution is 0.0471. The van der Waals surface area contributed by atoms with E-state index in [0.717, 1.165) is 36.6 Å². The fraction of sp³-hybridized carbons (Fsp3) is 0.571. The molecule has 3 rings (SSSR count). The molecule has 4 nitrogen and oxygen atoms in total. The summed E-state index contributed by atoms with van der Waals surface area (Å²) < 4.78 is 5.72. The van der Waals surface area contributed by atoms with E-state index in [1.165, 1.54) is 10.3 Å². The Hall–Kier alpha value is -0.910. The van der Waals surface area contributed by atoms with Crippen LogP contribution in [0.15, 0.2) is 12.4 Å². The van der Waals surface area contributed by atoms with Gasteiger partial charge in [0.15, 0.2) is 0 Å². The zero-order valence-electron chi connectivity index (χ0n) is 11.5. The van der Waals surface area contributed by atoms with Crippen molar-refractivity contribution in [2.45, 2.75) is 25.9 Å². The van der Waals surface area contributed by atoms with Gasteiger partial charge < -0.3 is 9.64 Å². The van der Waals surface area contributed by atoms with Crippen LogP contribution in [0.25, 0.3) is 10.2 Å². The van der Waals surface area contributed by atoms with Crippen LogP contribution in [0.3, 0.4) is 0 Å². The fourth-order valence-electron chi connectivity index (χ4n) is 2.66. The average Bonchev–Trinajstić information content (AvgIpc) is 2.85. The van der Waals surface area contributed by atoms with Crippen molar-refractivity contribution in [2.75, 3.05) is 30.5 Å². The Kier molecular flexibility index (Phi) is 4.38. The molecule has 6 heteroatoms. The molecular formula is C14H18ClN3OS. The van der Waals surface area contributed by atoms with Gasteiger partial charge in [-0.25, -0.2) is 9.97 Å². The van der Waals surface area contributed by atoms with Crippen LogP contribution in [0.1, 0.15) is 17.7 Å². The summed E-state index contributed by atoms with van der Waals surface area (Å²) in [5.41, 5.74) is 0. The van der Waals surface area contributed by atoms with E-state index >= 15 is 0 Å². The Labute approximate surface area is 127 Å². The van der Waals surface area contributed by atoms with E-state index in [1.807, 2.05) is 0 Å². The zero-order chi connectivity index (χ0) is 13.9. The van der Waals surface area contributed by atoms with Crippen LogP contribution in [-0.2, 0) is 4.74 Å². The molecule has 0 bridgehead atoms. The molecule has 0 saturated carbocycles. The summed E-state index contributed by atoms with van der Waals surface area (Å²) in [6.07, 6.45) is 4.08. The first kappa shape index (κ1) is 14.0. The number of alkyl halides is 1. The highest BCUT2D eigenvalue weighted by Crippen LogP contribution is 2.31. The highest BCUT2D eigenvalue weighted by molar-refractivity contribution is 7.18. The summed E-state index contributed by atoms with van der Waals surface area (Å²) in [6.45, 7) is 4.72. The van der Waals surface area contributed by atoms with E-state index in [0.29, 0.717) is 18.6 Å². The van der Waals surface area contributed by atoms with Gasteiger partial charge in [0.25, 0.3) is 0 Å². The van der Waals surface area contributed by atoms with Gasteiger partial charge in [0.2, 0.25) is 0 Å². The summed E-state index contributed by atoms with van der Waals surface area (Å²) in [7, 11) is 0. The van der Waals surface area contributed by atoms with Crippen LogP contribution >= 0.6 is 22.9 Å². The molecule has 20 heavy (non-hydrogen) atoms. The third kappa shape index (κ3) is 2.90. The molecule has 0 spiro atoms. The number of fused-ring (bicyclic) bond motifs is 1. The van der Waals surface area contributed by atoms with Crippen LogP contribution in [0, 0.1) is 6.92 Å². The summed E-state index contributed by atoms with van der Waals surface area (Å²) in [5, 5.41) is 1.18. The van der Waals surface area contributed by atoms with Crippen molar-refractivity contribution in [1.82, 2.24) is 9.97 Å². The third-order valence-corrected chi connectivity index (χ3v) is 4.72. The number of thiophene rings is 1. The number of aromatic nitrogens is 2. The Morgan fingerprint density at radius 2 is 2.20 bits per heavy atom. The van der Waals surface area contributed by atoms with Gasteiger partial charge in [0.1, 0.15) is 17.0 Å². The number of anilines is 1. The van der Waals surface area contributed by atoms with Crippen LogP contribution in [-0.4, -0.2) is 41.6 Å². The SMILES string of the molecule is Cc1cc2c(N3CCC(OCCCl)CC3)ncnc2s1. The summed E-state index contributed by atoms with van der Waals surface area (Å²) in [5.74, 6) is 1.64. The van der Waals surface area contributed by atoms with Gasteiger partial charge in [-0.2, -0.15) is 0 Å². The first-order chi connectivity index (χ1) is 9.78. The second-order valence-electron chi connectivity index (χ2n) is 5.02. The molecule has 1 saturated heterocycles. The van der Waals surface area contributed by atoms with Crippen molar-refractivity contribution in [3.63, 3.8) is 0 Å². The number of hydrogen-bond donors (Lipinski definition) is 0. The van der Waals surface area contributed by atoms with Crippen molar-refractivity contribution in [2.24, 2.45) is 0 Å². The molecule has 0 N–H and O–H groups in total. The van der Waals surface area contributed by atoms with Crippen LogP contribution in [0.2, 0.25) is 0 Å². The molecule has 0 amide bonds. The van der Waals surface area contributed by atoms with Gasteiger partial charge in [0.05, 0.1) is 18.1 Å². The number of halogens is 1. The van der Waals surface area contributed by atoms with E-state index in [-0.39, 0.29) is 0 Å². The topological polar surface area (TPSA) is 38.2 Å². The smallest absolute Gasteiger partial charge is 0.140 e. The molecular weight excluding hydrogens is 294 g/mol. The monoisotopic (exact) mass is 311 g/mol. The van der Waals surface area contributed by atoms with E-state index in [4.69, 9.17) is 16.3 Å². The third-order valence-electron chi connectivity index (χ3n) is 3.60. The molecule has 0 aromatic carbocycles. The first-order valence-electron chi connectivity index (χ1n) is 6.91.